The van der Waals surface area contributed by atoms with Gasteiger partial charge in [-0.2, -0.15) is 11.8 Å². The van der Waals surface area contributed by atoms with E-state index in [4.69, 9.17) is 5.73 Å². The van der Waals surface area contributed by atoms with Gasteiger partial charge in [0.25, 0.3) is 0 Å². The Morgan fingerprint density at radius 2 is 2.33 bits per heavy atom. The van der Waals surface area contributed by atoms with Gasteiger partial charge in [-0.25, -0.2) is 0 Å². The summed E-state index contributed by atoms with van der Waals surface area (Å²) in [5.41, 5.74) is 5.04. The van der Waals surface area contributed by atoms with Crippen LogP contribution in [0.5, 0.6) is 0 Å². The molecule has 0 amide bonds. The normalized spacial score (nSPS) is 11.8. The van der Waals surface area contributed by atoms with E-state index in [0.717, 1.165) is 0 Å². The van der Waals surface area contributed by atoms with Crippen LogP contribution in [0.15, 0.2) is 0 Å². The first-order chi connectivity index (χ1) is 3.68. The first kappa shape index (κ1) is 13.2. The van der Waals surface area contributed by atoms with Crippen molar-refractivity contribution in [2.45, 2.75) is 6.04 Å². The minimum atomic E-state index is -1.18. The first-order valence-electron chi connectivity index (χ1n) is 2.14. The summed E-state index contributed by atoms with van der Waals surface area (Å²) in [6, 6.07) is -0.815. The van der Waals surface area contributed by atoms with E-state index in [1.807, 2.05) is 0 Å². The van der Waals surface area contributed by atoms with Crippen molar-refractivity contribution in [2.24, 2.45) is 5.73 Å². The third-order valence-electron chi connectivity index (χ3n) is 0.649. The topological polar surface area (TPSA) is 66.2 Å². The molecule has 0 fully saturated rings. The van der Waals surface area contributed by atoms with Gasteiger partial charge in [0.1, 0.15) is 0 Å². The molecule has 0 radical (unpaired) electrons. The Hall–Kier alpha value is 1.59. The molecule has 5 heteroatoms. The van der Waals surface area contributed by atoms with Crippen molar-refractivity contribution in [3.8, 4) is 0 Å². The van der Waals surface area contributed by atoms with Crippen LogP contribution in [0.4, 0.5) is 0 Å². The molecule has 0 aromatic carbocycles. The Balaban J connectivity index is 0. The van der Waals surface area contributed by atoms with Crippen molar-refractivity contribution >= 4 is 17.7 Å². The molecule has 0 aliphatic rings. The van der Waals surface area contributed by atoms with Crippen LogP contribution in [0, 0.1) is 0 Å². The van der Waals surface area contributed by atoms with Gasteiger partial charge < -0.3 is 15.6 Å². The van der Waals surface area contributed by atoms with E-state index < -0.39 is 12.0 Å². The molecule has 0 aliphatic carbocycles. The Kier molecular flexibility index (Phi) is 11.3. The number of thioether (sulfide) groups is 1. The van der Waals surface area contributed by atoms with Gasteiger partial charge in [-0.05, 0) is 6.26 Å². The molecule has 0 rings (SSSR count). The van der Waals surface area contributed by atoms with Crippen molar-refractivity contribution in [3.63, 3.8) is 0 Å². The number of rotatable bonds is 3. The number of carbonyl (C=O) groups excluding carboxylic acids is 1. The van der Waals surface area contributed by atoms with Gasteiger partial charge in [-0.3, -0.25) is 0 Å². The summed E-state index contributed by atoms with van der Waals surface area (Å²) < 4.78 is 0. The molecule has 3 nitrogen and oxygen atoms in total. The summed E-state index contributed by atoms with van der Waals surface area (Å²) in [4.78, 5) is 9.84. The average molecular weight is 220 g/mol. The number of hydrogen-bond acceptors (Lipinski definition) is 4. The summed E-state index contributed by atoms with van der Waals surface area (Å²) in [5.74, 6) is -0.762. The van der Waals surface area contributed by atoms with Crippen LogP contribution in [-0.2, 0) is 4.79 Å². The largest absolute Gasteiger partial charge is 1.00 e. The Labute approximate surface area is 108 Å². The van der Waals surface area contributed by atoms with Gasteiger partial charge in [0.2, 0.25) is 0 Å². The van der Waals surface area contributed by atoms with Gasteiger partial charge in [0.05, 0.1) is 12.0 Å². The maximum atomic E-state index is 9.84. The van der Waals surface area contributed by atoms with Crippen molar-refractivity contribution < 1.29 is 68.1 Å². The number of hydrogen-bond donors (Lipinski definition) is 1. The molecule has 0 aliphatic heterocycles. The molecule has 0 saturated heterocycles. The number of carbonyl (C=O) groups is 1. The second-order valence-corrected chi connectivity index (χ2v) is 2.29. The fourth-order valence-corrected chi connectivity index (χ4v) is 0.743. The van der Waals surface area contributed by atoms with Gasteiger partial charge >= 0.3 is 58.2 Å². The average Bonchev–Trinajstić information content (AvgIpc) is 1.67. The number of nitrogens with two attached hydrogens (primary N) is 1. The molecule has 0 unspecified atom stereocenters. The Bertz CT molecular complexity index is 90.6. The molecule has 0 spiro atoms. The molecule has 2 N–H and O–H groups in total. The van der Waals surface area contributed by atoms with Crippen molar-refractivity contribution in [3.05, 3.63) is 0 Å². The summed E-state index contributed by atoms with van der Waals surface area (Å²) >= 11 is 1.39. The predicted octanol–water partition coefficient (Wildman–Crippen LogP) is -4.57. The molecular weight excluding hydrogens is 212 g/mol. The zero-order valence-electron chi connectivity index (χ0n) is 5.59. The fourth-order valence-electron chi connectivity index (χ4n) is 0.248. The van der Waals surface area contributed by atoms with Crippen LogP contribution in [0.2, 0.25) is 0 Å². The summed E-state index contributed by atoms with van der Waals surface area (Å²) in [6.45, 7) is 0. The van der Waals surface area contributed by atoms with Crippen molar-refractivity contribution in [1.82, 2.24) is 0 Å². The molecule has 9 heavy (non-hydrogen) atoms. The molecule has 0 aromatic heterocycles. The van der Waals surface area contributed by atoms with Crippen LogP contribution in [0.3, 0.4) is 0 Å². The summed E-state index contributed by atoms with van der Waals surface area (Å²) in [5, 5.41) is 9.84. The first-order valence-corrected chi connectivity index (χ1v) is 3.53. The maximum absolute atomic E-state index is 9.84. The third kappa shape index (κ3) is 7.48. The molecule has 0 saturated carbocycles. The smallest absolute Gasteiger partial charge is 0.548 e. The SMILES string of the molecule is CSC[C@H](N)C(=O)[O-].[Rb+]. The molecule has 1 atom stereocenters. The van der Waals surface area contributed by atoms with Crippen molar-refractivity contribution in [2.75, 3.05) is 12.0 Å². The molecule has 0 heterocycles. The fraction of sp³-hybridized carbons (Fsp3) is 0.750. The molecular formula is C4H8NO2RbS. The predicted molar refractivity (Wildman–Crippen MR) is 31.4 cm³/mol. The van der Waals surface area contributed by atoms with E-state index >= 15 is 0 Å². The van der Waals surface area contributed by atoms with E-state index in [-0.39, 0.29) is 58.2 Å². The zero-order chi connectivity index (χ0) is 6.57. The van der Waals surface area contributed by atoms with Crippen LogP contribution in [0.1, 0.15) is 0 Å². The monoisotopic (exact) mass is 219 g/mol. The number of aliphatic carboxylic acids is 1. The van der Waals surface area contributed by atoms with Crippen LogP contribution >= 0.6 is 11.8 Å². The number of carboxylic acid groups (broad SMARTS) is 1. The minimum Gasteiger partial charge on any atom is -0.548 e. The van der Waals surface area contributed by atoms with Crippen LogP contribution in [-0.4, -0.2) is 24.0 Å². The van der Waals surface area contributed by atoms with Crippen molar-refractivity contribution in [1.29, 1.82) is 0 Å². The standard InChI is InChI=1S/C4H9NO2S.Rb/c1-8-2-3(5)4(6)7;/h3H,2,5H2,1H3,(H,6,7);/q;+1/p-1/t3-;/m0./s1. The van der Waals surface area contributed by atoms with E-state index in [2.05, 4.69) is 0 Å². The minimum absolute atomic E-state index is 0. The zero-order valence-corrected chi connectivity index (χ0v) is 11.3. The van der Waals surface area contributed by atoms with E-state index in [1.54, 1.807) is 6.26 Å². The quantitative estimate of drug-likeness (QED) is 0.519. The van der Waals surface area contributed by atoms with E-state index in [1.165, 1.54) is 11.8 Å². The second kappa shape index (κ2) is 7.69. The van der Waals surface area contributed by atoms with Gasteiger partial charge in [0, 0.05) is 5.75 Å². The summed E-state index contributed by atoms with van der Waals surface area (Å²) in [6.07, 6.45) is 1.79. The Morgan fingerprint density at radius 3 is 2.44 bits per heavy atom. The van der Waals surface area contributed by atoms with E-state index in [9.17, 15) is 9.90 Å². The van der Waals surface area contributed by atoms with Crippen LogP contribution in [0.25, 0.3) is 0 Å². The molecule has 48 valence electrons. The van der Waals surface area contributed by atoms with Crippen LogP contribution < -0.4 is 69.0 Å². The third-order valence-corrected chi connectivity index (χ3v) is 1.34. The van der Waals surface area contributed by atoms with Gasteiger partial charge in [0.15, 0.2) is 0 Å². The summed E-state index contributed by atoms with van der Waals surface area (Å²) in [7, 11) is 0. The van der Waals surface area contributed by atoms with E-state index in [0.29, 0.717) is 5.75 Å². The molecule has 0 aromatic rings. The maximum Gasteiger partial charge on any atom is 1.00 e. The van der Waals surface area contributed by atoms with Gasteiger partial charge in [-0.15, -0.1) is 0 Å². The number of carboxylic acids is 1. The van der Waals surface area contributed by atoms with Gasteiger partial charge in [-0.1, -0.05) is 0 Å². The Morgan fingerprint density at radius 1 is 1.89 bits per heavy atom. The molecule has 0 bridgehead atoms. The second-order valence-electron chi connectivity index (χ2n) is 1.38.